The zero-order valence-electron chi connectivity index (χ0n) is 12.5. The van der Waals surface area contributed by atoms with E-state index in [2.05, 4.69) is 16.8 Å². The molecule has 0 unspecified atom stereocenters. The molecule has 1 N–H and O–H groups in total. The number of carbonyl (C=O) groups is 2. The van der Waals surface area contributed by atoms with Crippen molar-refractivity contribution in [3.8, 4) is 0 Å². The Balaban J connectivity index is 1.61. The lowest BCUT2D eigenvalue weighted by atomic mass is 9.86. The third kappa shape index (κ3) is 5.16. The molecule has 1 aromatic heterocycles. The molecule has 5 heteroatoms. The fourth-order valence-electron chi connectivity index (χ4n) is 2.82. The number of amides is 1. The Labute approximate surface area is 129 Å². The second-order valence-corrected chi connectivity index (χ2v) is 6.60. The highest BCUT2D eigenvalue weighted by Crippen LogP contribution is 2.25. The van der Waals surface area contributed by atoms with Gasteiger partial charge in [-0.2, -0.15) is 0 Å². The lowest BCUT2D eigenvalue weighted by molar-refractivity contribution is -0.146. The van der Waals surface area contributed by atoms with E-state index in [1.54, 1.807) is 11.3 Å². The van der Waals surface area contributed by atoms with E-state index in [1.165, 1.54) is 12.0 Å². The summed E-state index contributed by atoms with van der Waals surface area (Å²) >= 11 is 1.74. The smallest absolute Gasteiger partial charge is 0.308 e. The fourth-order valence-corrected chi connectivity index (χ4v) is 3.57. The van der Waals surface area contributed by atoms with Gasteiger partial charge in [0.2, 0.25) is 5.91 Å². The fraction of sp³-hybridized carbons (Fsp3) is 0.625. The molecule has 2 rings (SSSR count). The minimum absolute atomic E-state index is 0.0157. The normalized spacial score (nSPS) is 21.8. The molecule has 1 amide bonds. The molecule has 0 spiro atoms. The van der Waals surface area contributed by atoms with E-state index < -0.39 is 0 Å². The van der Waals surface area contributed by atoms with Gasteiger partial charge in [-0.15, -0.1) is 11.3 Å². The number of methoxy groups -OCH3 is 1. The topological polar surface area (TPSA) is 55.4 Å². The van der Waals surface area contributed by atoms with E-state index in [-0.39, 0.29) is 23.8 Å². The Morgan fingerprint density at radius 3 is 2.71 bits per heavy atom. The van der Waals surface area contributed by atoms with Gasteiger partial charge in [-0.3, -0.25) is 9.59 Å². The Bertz CT molecular complexity index is 450. The van der Waals surface area contributed by atoms with Gasteiger partial charge in [-0.25, -0.2) is 0 Å². The van der Waals surface area contributed by atoms with Crippen molar-refractivity contribution in [2.24, 2.45) is 5.92 Å². The Hall–Kier alpha value is -1.36. The van der Waals surface area contributed by atoms with Crippen molar-refractivity contribution in [3.63, 3.8) is 0 Å². The molecule has 21 heavy (non-hydrogen) atoms. The van der Waals surface area contributed by atoms with Gasteiger partial charge in [0.15, 0.2) is 0 Å². The summed E-state index contributed by atoms with van der Waals surface area (Å²) in [5.41, 5.74) is 0. The maximum absolute atomic E-state index is 11.9. The summed E-state index contributed by atoms with van der Waals surface area (Å²) in [6.45, 7) is 0. The first-order valence-electron chi connectivity index (χ1n) is 7.58. The summed E-state index contributed by atoms with van der Waals surface area (Å²) in [5, 5.41) is 5.15. The van der Waals surface area contributed by atoms with Gasteiger partial charge in [-0.05, 0) is 50.0 Å². The predicted octanol–water partition coefficient (Wildman–Crippen LogP) is 2.92. The van der Waals surface area contributed by atoms with Crippen molar-refractivity contribution in [2.75, 3.05) is 7.11 Å². The summed E-state index contributed by atoms with van der Waals surface area (Å²) in [5.74, 6) is 0.0331. The first kappa shape index (κ1) is 16.0. The molecule has 1 aliphatic carbocycles. The van der Waals surface area contributed by atoms with Crippen LogP contribution in [0.3, 0.4) is 0 Å². The molecule has 116 valence electrons. The van der Waals surface area contributed by atoms with Crippen molar-refractivity contribution in [2.45, 2.75) is 51.0 Å². The first-order valence-corrected chi connectivity index (χ1v) is 8.46. The van der Waals surface area contributed by atoms with Crippen molar-refractivity contribution < 1.29 is 14.3 Å². The summed E-state index contributed by atoms with van der Waals surface area (Å²) in [6.07, 6.45) is 5.81. The number of aryl methyl sites for hydroxylation is 1. The second-order valence-electron chi connectivity index (χ2n) is 5.57. The molecular weight excluding hydrogens is 286 g/mol. The Morgan fingerprint density at radius 1 is 1.33 bits per heavy atom. The van der Waals surface area contributed by atoms with Crippen molar-refractivity contribution in [1.29, 1.82) is 0 Å². The molecule has 0 saturated heterocycles. The molecule has 1 heterocycles. The lowest BCUT2D eigenvalue weighted by Gasteiger charge is -2.27. The lowest BCUT2D eigenvalue weighted by Crippen LogP contribution is -2.38. The molecule has 1 saturated carbocycles. The largest absolute Gasteiger partial charge is 0.469 e. The van der Waals surface area contributed by atoms with Gasteiger partial charge in [0.1, 0.15) is 0 Å². The summed E-state index contributed by atoms with van der Waals surface area (Å²) in [6, 6.07) is 4.37. The zero-order chi connectivity index (χ0) is 15.1. The minimum Gasteiger partial charge on any atom is -0.469 e. The van der Waals surface area contributed by atoms with E-state index in [0.717, 1.165) is 38.5 Å². The van der Waals surface area contributed by atoms with Crippen LogP contribution in [0.1, 0.15) is 43.4 Å². The van der Waals surface area contributed by atoms with Gasteiger partial charge >= 0.3 is 5.97 Å². The van der Waals surface area contributed by atoms with Crippen LogP contribution in [0.25, 0.3) is 0 Å². The summed E-state index contributed by atoms with van der Waals surface area (Å²) < 4.78 is 4.77. The molecule has 4 nitrogen and oxygen atoms in total. The van der Waals surface area contributed by atoms with Crippen LogP contribution in [0.2, 0.25) is 0 Å². The van der Waals surface area contributed by atoms with Gasteiger partial charge in [0.25, 0.3) is 0 Å². The number of hydrogen-bond acceptors (Lipinski definition) is 4. The van der Waals surface area contributed by atoms with Crippen molar-refractivity contribution in [3.05, 3.63) is 22.4 Å². The van der Waals surface area contributed by atoms with Crippen LogP contribution < -0.4 is 5.32 Å². The number of carbonyl (C=O) groups excluding carboxylic acids is 2. The molecule has 1 aliphatic rings. The average Bonchev–Trinajstić information content (AvgIpc) is 3.00. The van der Waals surface area contributed by atoms with E-state index in [0.29, 0.717) is 6.42 Å². The van der Waals surface area contributed by atoms with Crippen LogP contribution in [-0.2, 0) is 20.7 Å². The molecule has 1 aromatic rings. The van der Waals surface area contributed by atoms with Crippen LogP contribution in [0.5, 0.6) is 0 Å². The molecule has 0 aromatic carbocycles. The molecule has 0 aliphatic heterocycles. The number of rotatable bonds is 6. The van der Waals surface area contributed by atoms with E-state index >= 15 is 0 Å². The highest BCUT2D eigenvalue weighted by Gasteiger charge is 2.27. The van der Waals surface area contributed by atoms with Crippen LogP contribution in [0, 0.1) is 5.92 Å². The highest BCUT2D eigenvalue weighted by atomic mass is 32.1. The third-order valence-corrected chi connectivity index (χ3v) is 4.97. The second kappa shape index (κ2) is 8.17. The Kier molecular flexibility index (Phi) is 6.23. The Morgan fingerprint density at radius 2 is 2.10 bits per heavy atom. The minimum atomic E-state index is -0.115. The number of thiophene rings is 1. The van der Waals surface area contributed by atoms with Gasteiger partial charge in [0, 0.05) is 17.3 Å². The quantitative estimate of drug-likeness (QED) is 0.822. The van der Waals surface area contributed by atoms with Gasteiger partial charge in [-0.1, -0.05) is 6.07 Å². The number of esters is 1. The van der Waals surface area contributed by atoms with Crippen molar-refractivity contribution in [1.82, 2.24) is 5.32 Å². The maximum atomic E-state index is 11.9. The highest BCUT2D eigenvalue weighted by molar-refractivity contribution is 7.09. The first-order chi connectivity index (χ1) is 10.2. The van der Waals surface area contributed by atoms with Crippen LogP contribution >= 0.6 is 11.3 Å². The standard InChI is InChI=1S/C16H23NO3S/c1-20-16(19)12-7-9-13(10-8-12)17-15(18)6-2-4-14-5-3-11-21-14/h3,5,11-13H,2,4,6-10H2,1H3,(H,17,18). The van der Waals surface area contributed by atoms with E-state index in [4.69, 9.17) is 4.74 Å². The molecule has 0 radical (unpaired) electrons. The van der Waals surface area contributed by atoms with Gasteiger partial charge in [0.05, 0.1) is 13.0 Å². The number of nitrogens with one attached hydrogen (secondary N) is 1. The maximum Gasteiger partial charge on any atom is 0.308 e. The third-order valence-electron chi connectivity index (χ3n) is 4.03. The number of hydrogen-bond donors (Lipinski definition) is 1. The predicted molar refractivity (Wildman–Crippen MR) is 83.2 cm³/mol. The van der Waals surface area contributed by atoms with E-state index in [9.17, 15) is 9.59 Å². The number of ether oxygens (including phenoxy) is 1. The molecular formula is C16H23NO3S. The summed E-state index contributed by atoms with van der Waals surface area (Å²) in [7, 11) is 1.43. The monoisotopic (exact) mass is 309 g/mol. The van der Waals surface area contributed by atoms with E-state index in [1.807, 2.05) is 6.07 Å². The van der Waals surface area contributed by atoms with Gasteiger partial charge < -0.3 is 10.1 Å². The van der Waals surface area contributed by atoms with Crippen LogP contribution in [0.4, 0.5) is 0 Å². The molecule has 0 bridgehead atoms. The average molecular weight is 309 g/mol. The van der Waals surface area contributed by atoms with Crippen molar-refractivity contribution >= 4 is 23.2 Å². The van der Waals surface area contributed by atoms with Crippen LogP contribution in [0.15, 0.2) is 17.5 Å². The summed E-state index contributed by atoms with van der Waals surface area (Å²) in [4.78, 5) is 24.7. The molecule has 1 fully saturated rings. The zero-order valence-corrected chi connectivity index (χ0v) is 13.3. The SMILES string of the molecule is COC(=O)C1CCC(NC(=O)CCCc2cccs2)CC1. The van der Waals surface area contributed by atoms with Crippen LogP contribution in [-0.4, -0.2) is 25.0 Å². The molecule has 0 atom stereocenters.